The molecule has 7 heteroatoms. The average molecular weight is 379 g/mol. The van der Waals surface area contributed by atoms with Crippen LogP contribution < -0.4 is 4.72 Å². The Morgan fingerprint density at radius 3 is 2.16 bits per heavy atom. The van der Waals surface area contributed by atoms with Crippen LogP contribution in [0.25, 0.3) is 0 Å². The second-order valence-corrected chi connectivity index (χ2v) is 8.16. The van der Waals surface area contributed by atoms with E-state index in [1.54, 1.807) is 24.3 Å². The lowest BCUT2D eigenvalue weighted by Crippen LogP contribution is -2.30. The molecule has 0 spiro atoms. The molecule has 1 atom stereocenters. The number of benzene rings is 2. The van der Waals surface area contributed by atoms with Crippen molar-refractivity contribution in [1.29, 1.82) is 0 Å². The van der Waals surface area contributed by atoms with Crippen LogP contribution in [0, 0.1) is 18.6 Å². The van der Waals surface area contributed by atoms with Crippen molar-refractivity contribution in [3.05, 3.63) is 87.6 Å². The molecule has 0 saturated heterocycles. The molecule has 0 radical (unpaired) electrons. The normalized spacial score (nSPS) is 12.9. The highest BCUT2D eigenvalue weighted by atomic mass is 32.2. The lowest BCUT2D eigenvalue weighted by molar-refractivity contribution is 0.511. The van der Waals surface area contributed by atoms with E-state index < -0.39 is 32.6 Å². The van der Waals surface area contributed by atoms with E-state index in [-0.39, 0.29) is 0 Å². The molecule has 3 nitrogen and oxygen atoms in total. The zero-order valence-corrected chi connectivity index (χ0v) is 14.9. The monoisotopic (exact) mass is 379 g/mol. The van der Waals surface area contributed by atoms with E-state index >= 15 is 0 Å². The Bertz CT molecular complexity index is 949. The number of sulfonamides is 1. The minimum absolute atomic E-state index is 0.688. The smallest absolute Gasteiger partial charge is 0.207 e. The standard InChI is InChI=1S/C18H15F2NO2S2/c1-12-7-9-13(10-8-12)17(16-6-3-11-24-16)21-25(22,23)18-14(19)4-2-5-15(18)20/h2-11,17,21H,1H3/t17-/m1/s1. The first-order chi connectivity index (χ1) is 11.9. The first-order valence-corrected chi connectivity index (χ1v) is 9.81. The van der Waals surface area contributed by atoms with E-state index in [9.17, 15) is 17.2 Å². The van der Waals surface area contributed by atoms with Crippen LogP contribution in [0.15, 0.2) is 64.9 Å². The Hall–Kier alpha value is -2.09. The lowest BCUT2D eigenvalue weighted by atomic mass is 10.0. The number of nitrogens with one attached hydrogen (secondary N) is 1. The van der Waals surface area contributed by atoms with Crippen LogP contribution in [-0.4, -0.2) is 8.42 Å². The highest BCUT2D eigenvalue weighted by Crippen LogP contribution is 2.29. The Labute approximate surface area is 149 Å². The van der Waals surface area contributed by atoms with E-state index in [1.165, 1.54) is 11.3 Å². The molecule has 0 unspecified atom stereocenters. The van der Waals surface area contributed by atoms with Gasteiger partial charge in [-0.15, -0.1) is 11.3 Å². The summed E-state index contributed by atoms with van der Waals surface area (Å²) in [5, 5.41) is 1.81. The fourth-order valence-electron chi connectivity index (χ4n) is 2.46. The number of hydrogen-bond acceptors (Lipinski definition) is 3. The van der Waals surface area contributed by atoms with E-state index in [0.29, 0.717) is 5.56 Å². The van der Waals surface area contributed by atoms with Gasteiger partial charge in [0.2, 0.25) is 10.0 Å². The number of halogens is 2. The van der Waals surface area contributed by atoms with Gasteiger partial charge in [0, 0.05) is 4.88 Å². The van der Waals surface area contributed by atoms with Gasteiger partial charge in [-0.2, -0.15) is 4.72 Å². The molecule has 0 aliphatic rings. The summed E-state index contributed by atoms with van der Waals surface area (Å²) in [4.78, 5) is -0.243. The molecule has 0 aliphatic carbocycles. The Morgan fingerprint density at radius 2 is 1.60 bits per heavy atom. The van der Waals surface area contributed by atoms with Crippen LogP contribution in [0.4, 0.5) is 8.78 Å². The maximum atomic E-state index is 13.9. The van der Waals surface area contributed by atoms with Crippen LogP contribution in [0.5, 0.6) is 0 Å². The van der Waals surface area contributed by atoms with Crippen molar-refractivity contribution in [1.82, 2.24) is 4.72 Å². The quantitative estimate of drug-likeness (QED) is 0.714. The third-order valence-electron chi connectivity index (χ3n) is 3.70. The van der Waals surface area contributed by atoms with Crippen LogP contribution >= 0.6 is 11.3 Å². The summed E-state index contributed by atoms with van der Waals surface area (Å²) in [6, 6.07) is 13.1. The van der Waals surface area contributed by atoms with Gasteiger partial charge in [-0.25, -0.2) is 17.2 Å². The first-order valence-electron chi connectivity index (χ1n) is 7.45. The molecule has 2 aromatic carbocycles. The summed E-state index contributed by atoms with van der Waals surface area (Å²) in [7, 11) is -4.40. The van der Waals surface area contributed by atoms with E-state index in [1.807, 2.05) is 24.4 Å². The molecule has 1 aromatic heterocycles. The largest absolute Gasteiger partial charge is 0.247 e. The minimum Gasteiger partial charge on any atom is -0.207 e. The highest BCUT2D eigenvalue weighted by Gasteiger charge is 2.28. The Balaban J connectivity index is 2.05. The molecule has 0 amide bonds. The van der Waals surface area contributed by atoms with Crippen molar-refractivity contribution in [2.24, 2.45) is 0 Å². The van der Waals surface area contributed by atoms with Gasteiger partial charge < -0.3 is 0 Å². The van der Waals surface area contributed by atoms with Crippen molar-refractivity contribution in [3.63, 3.8) is 0 Å². The zero-order valence-electron chi connectivity index (χ0n) is 13.2. The maximum absolute atomic E-state index is 13.9. The third kappa shape index (κ3) is 3.78. The van der Waals surface area contributed by atoms with Gasteiger partial charge in [0.25, 0.3) is 0 Å². The summed E-state index contributed by atoms with van der Waals surface area (Å²) >= 11 is 1.36. The van der Waals surface area contributed by atoms with Gasteiger partial charge in [-0.3, -0.25) is 0 Å². The van der Waals surface area contributed by atoms with Gasteiger partial charge in [0.05, 0.1) is 6.04 Å². The van der Waals surface area contributed by atoms with E-state index in [4.69, 9.17) is 0 Å². The highest BCUT2D eigenvalue weighted by molar-refractivity contribution is 7.89. The topological polar surface area (TPSA) is 46.2 Å². The summed E-state index contributed by atoms with van der Waals surface area (Å²) < 4.78 is 55.6. The van der Waals surface area contributed by atoms with Crippen LogP contribution in [-0.2, 0) is 10.0 Å². The molecule has 0 fully saturated rings. The predicted molar refractivity (Wildman–Crippen MR) is 94.0 cm³/mol. The molecular formula is C18H15F2NO2S2. The van der Waals surface area contributed by atoms with Crippen molar-refractivity contribution in [2.75, 3.05) is 0 Å². The molecular weight excluding hydrogens is 364 g/mol. The second kappa shape index (κ2) is 7.03. The molecule has 3 aromatic rings. The summed E-state index contributed by atoms with van der Waals surface area (Å²) in [5.41, 5.74) is 1.71. The van der Waals surface area contributed by atoms with Crippen molar-refractivity contribution < 1.29 is 17.2 Å². The molecule has 3 rings (SSSR count). The van der Waals surface area contributed by atoms with Crippen LogP contribution in [0.2, 0.25) is 0 Å². The van der Waals surface area contributed by atoms with Crippen LogP contribution in [0.1, 0.15) is 22.0 Å². The van der Waals surface area contributed by atoms with Crippen molar-refractivity contribution in [3.8, 4) is 0 Å². The lowest BCUT2D eigenvalue weighted by Gasteiger charge is -2.19. The molecule has 0 saturated carbocycles. The Kier molecular flexibility index (Phi) is 4.99. The first kappa shape index (κ1) is 17.7. The number of hydrogen-bond donors (Lipinski definition) is 1. The summed E-state index contributed by atoms with van der Waals surface area (Å²) in [5.74, 6) is -2.25. The fourth-order valence-corrected chi connectivity index (χ4v) is 4.68. The van der Waals surface area contributed by atoms with Gasteiger partial charge in [0.1, 0.15) is 11.6 Å². The molecule has 1 N–H and O–H groups in total. The van der Waals surface area contributed by atoms with E-state index in [2.05, 4.69) is 4.72 Å². The molecule has 1 heterocycles. The molecule has 0 aliphatic heterocycles. The van der Waals surface area contributed by atoms with Gasteiger partial charge in [0.15, 0.2) is 4.90 Å². The fraction of sp³-hybridized carbons (Fsp3) is 0.111. The zero-order chi connectivity index (χ0) is 18.0. The number of rotatable bonds is 5. The summed E-state index contributed by atoms with van der Waals surface area (Å²) in [6.07, 6.45) is 0. The van der Waals surface area contributed by atoms with Crippen LogP contribution in [0.3, 0.4) is 0 Å². The SMILES string of the molecule is Cc1ccc([C@@H](NS(=O)(=O)c2c(F)cccc2F)c2cccs2)cc1. The maximum Gasteiger partial charge on any atom is 0.247 e. The predicted octanol–water partition coefficient (Wildman–Crippen LogP) is 4.40. The summed E-state index contributed by atoms with van der Waals surface area (Å²) in [6.45, 7) is 1.92. The Morgan fingerprint density at radius 1 is 0.960 bits per heavy atom. The van der Waals surface area contributed by atoms with Gasteiger partial charge >= 0.3 is 0 Å². The average Bonchev–Trinajstić information content (AvgIpc) is 3.07. The van der Waals surface area contributed by atoms with E-state index in [0.717, 1.165) is 28.6 Å². The molecule has 0 bridgehead atoms. The van der Waals surface area contributed by atoms with Crippen molar-refractivity contribution in [2.45, 2.75) is 17.9 Å². The van der Waals surface area contributed by atoms with Crippen molar-refractivity contribution >= 4 is 21.4 Å². The minimum atomic E-state index is -4.40. The number of aryl methyl sites for hydroxylation is 1. The number of thiophene rings is 1. The second-order valence-electron chi connectivity index (χ2n) is 5.53. The van der Waals surface area contributed by atoms with Gasteiger partial charge in [-0.1, -0.05) is 42.0 Å². The third-order valence-corrected chi connectivity index (χ3v) is 6.11. The van der Waals surface area contributed by atoms with Gasteiger partial charge in [-0.05, 0) is 36.1 Å². The molecule has 25 heavy (non-hydrogen) atoms. The molecule has 130 valence electrons.